The molecule has 0 aliphatic heterocycles. The van der Waals surface area contributed by atoms with E-state index in [1.807, 2.05) is 6.92 Å². The predicted octanol–water partition coefficient (Wildman–Crippen LogP) is 2.31. The third kappa shape index (κ3) is 1.53. The first-order valence-electron chi connectivity index (χ1n) is 3.89. The Morgan fingerprint density at radius 2 is 2.46 bits per heavy atom. The van der Waals surface area contributed by atoms with Crippen molar-refractivity contribution in [3.63, 3.8) is 0 Å². The first-order valence-corrected chi connectivity index (χ1v) is 5.50. The number of nitrogens with zero attached hydrogens (tertiary/aromatic N) is 1. The van der Waals surface area contributed by atoms with E-state index in [9.17, 15) is 4.79 Å². The van der Waals surface area contributed by atoms with Crippen molar-refractivity contribution >= 4 is 37.5 Å². The van der Waals surface area contributed by atoms with E-state index in [1.54, 1.807) is 6.07 Å². The lowest BCUT2D eigenvalue weighted by Crippen LogP contribution is -2.09. The summed E-state index contributed by atoms with van der Waals surface area (Å²) >= 11 is 4.81. The number of nitrogens with one attached hydrogen (secondary N) is 1. The summed E-state index contributed by atoms with van der Waals surface area (Å²) in [5.41, 5.74) is -0.0520. The molecule has 0 aliphatic carbocycles. The van der Waals surface area contributed by atoms with Gasteiger partial charge in [0.15, 0.2) is 0 Å². The molecular weight excluding hydrogens is 252 g/mol. The highest BCUT2D eigenvalue weighted by molar-refractivity contribution is 9.11. The van der Waals surface area contributed by atoms with E-state index in [1.165, 1.54) is 11.3 Å². The summed E-state index contributed by atoms with van der Waals surface area (Å²) in [5, 5.41) is 0.661. The van der Waals surface area contributed by atoms with Crippen molar-refractivity contribution in [3.05, 3.63) is 26.0 Å². The van der Waals surface area contributed by atoms with Gasteiger partial charge in [-0.1, -0.05) is 6.92 Å². The van der Waals surface area contributed by atoms with Gasteiger partial charge in [-0.3, -0.25) is 4.79 Å². The summed E-state index contributed by atoms with van der Waals surface area (Å²) in [6, 6.07) is 1.80. The lowest BCUT2D eigenvalue weighted by atomic mass is 10.4. The van der Waals surface area contributed by atoms with Gasteiger partial charge >= 0.3 is 0 Å². The van der Waals surface area contributed by atoms with Crippen molar-refractivity contribution in [3.8, 4) is 0 Å². The quantitative estimate of drug-likeness (QED) is 0.854. The molecule has 0 spiro atoms. The molecule has 68 valence electrons. The molecule has 5 heteroatoms. The molecular formula is C8H7BrN2OS. The van der Waals surface area contributed by atoms with Gasteiger partial charge in [0.2, 0.25) is 0 Å². The van der Waals surface area contributed by atoms with Gasteiger partial charge in [0.05, 0.1) is 9.17 Å². The topological polar surface area (TPSA) is 45.8 Å². The van der Waals surface area contributed by atoms with E-state index in [2.05, 4.69) is 25.9 Å². The number of aromatic nitrogens is 2. The lowest BCUT2D eigenvalue weighted by molar-refractivity contribution is 0.948. The highest BCUT2D eigenvalue weighted by atomic mass is 79.9. The van der Waals surface area contributed by atoms with Gasteiger partial charge in [-0.15, -0.1) is 11.3 Å². The first-order chi connectivity index (χ1) is 6.20. The van der Waals surface area contributed by atoms with E-state index in [0.29, 0.717) is 5.39 Å². The molecule has 2 aromatic heterocycles. The van der Waals surface area contributed by atoms with E-state index in [0.717, 1.165) is 20.9 Å². The van der Waals surface area contributed by atoms with Gasteiger partial charge in [0.25, 0.3) is 5.56 Å². The molecule has 0 saturated carbocycles. The zero-order valence-corrected chi connectivity index (χ0v) is 9.33. The average molecular weight is 259 g/mol. The number of aromatic amines is 1. The predicted molar refractivity (Wildman–Crippen MR) is 57.3 cm³/mol. The minimum absolute atomic E-state index is 0.0520. The number of halogens is 1. The molecule has 0 radical (unpaired) electrons. The van der Waals surface area contributed by atoms with E-state index < -0.39 is 0 Å². The van der Waals surface area contributed by atoms with Gasteiger partial charge in [-0.25, -0.2) is 4.98 Å². The fourth-order valence-electron chi connectivity index (χ4n) is 1.11. The fraction of sp³-hybridized carbons (Fsp3) is 0.250. The maximum absolute atomic E-state index is 11.5. The van der Waals surface area contributed by atoms with E-state index in [-0.39, 0.29) is 5.56 Å². The molecule has 2 rings (SSSR count). The van der Waals surface area contributed by atoms with Crippen LogP contribution < -0.4 is 5.56 Å². The van der Waals surface area contributed by atoms with E-state index >= 15 is 0 Å². The summed E-state index contributed by atoms with van der Waals surface area (Å²) < 4.78 is 0.939. The molecule has 0 aromatic carbocycles. The second-order valence-electron chi connectivity index (χ2n) is 2.64. The molecule has 2 aromatic rings. The third-order valence-corrected chi connectivity index (χ3v) is 3.29. The fourth-order valence-corrected chi connectivity index (χ4v) is 2.58. The Labute approximate surface area is 87.0 Å². The standard InChI is InChI=1S/C8H7BrN2OS/c1-2-6-10-7(12)4-3-5(9)13-8(4)11-6/h3H,2H2,1H3,(H,10,11,12). The second-order valence-corrected chi connectivity index (χ2v) is 5.05. The van der Waals surface area contributed by atoms with Crippen LogP contribution in [0.15, 0.2) is 14.6 Å². The summed E-state index contributed by atoms with van der Waals surface area (Å²) in [4.78, 5) is 19.3. The number of fused-ring (bicyclic) bond motifs is 1. The van der Waals surface area contributed by atoms with E-state index in [4.69, 9.17) is 0 Å². The second kappa shape index (κ2) is 3.23. The van der Waals surface area contributed by atoms with Crippen LogP contribution in [0.1, 0.15) is 12.7 Å². The van der Waals surface area contributed by atoms with Crippen LogP contribution in [0, 0.1) is 0 Å². The maximum atomic E-state index is 11.5. The zero-order chi connectivity index (χ0) is 9.42. The normalized spacial score (nSPS) is 10.9. The van der Waals surface area contributed by atoms with Gasteiger partial charge in [-0.2, -0.15) is 0 Å². The molecule has 13 heavy (non-hydrogen) atoms. The van der Waals surface area contributed by atoms with Crippen LogP contribution in [0.2, 0.25) is 0 Å². The lowest BCUT2D eigenvalue weighted by Gasteiger charge is -1.94. The van der Waals surface area contributed by atoms with Crippen LogP contribution >= 0.6 is 27.3 Å². The van der Waals surface area contributed by atoms with Crippen molar-refractivity contribution < 1.29 is 0 Å². The van der Waals surface area contributed by atoms with Crippen LogP contribution in [-0.4, -0.2) is 9.97 Å². The van der Waals surface area contributed by atoms with Crippen LogP contribution in [-0.2, 0) is 6.42 Å². The number of aryl methyl sites for hydroxylation is 1. The van der Waals surface area contributed by atoms with Crippen molar-refractivity contribution in [1.82, 2.24) is 9.97 Å². The number of rotatable bonds is 1. The molecule has 0 fully saturated rings. The molecule has 3 nitrogen and oxygen atoms in total. The van der Waals surface area contributed by atoms with Crippen LogP contribution in [0.5, 0.6) is 0 Å². The average Bonchev–Trinajstić information content (AvgIpc) is 2.46. The number of H-pyrrole nitrogens is 1. The monoisotopic (exact) mass is 258 g/mol. The summed E-state index contributed by atoms with van der Waals surface area (Å²) in [5.74, 6) is 0.742. The molecule has 2 heterocycles. The number of hydrogen-bond donors (Lipinski definition) is 1. The molecule has 0 aliphatic rings. The maximum Gasteiger partial charge on any atom is 0.259 e. The van der Waals surface area contributed by atoms with Gasteiger partial charge in [0, 0.05) is 6.42 Å². The zero-order valence-electron chi connectivity index (χ0n) is 6.93. The Morgan fingerprint density at radius 1 is 1.69 bits per heavy atom. The SMILES string of the molecule is CCc1nc2sc(Br)cc2c(=O)[nH]1. The summed E-state index contributed by atoms with van der Waals surface area (Å²) in [6.45, 7) is 1.97. The third-order valence-electron chi connectivity index (χ3n) is 1.76. The number of thiophene rings is 1. The molecule has 1 N–H and O–H groups in total. The van der Waals surface area contributed by atoms with Gasteiger partial charge < -0.3 is 4.98 Å². The van der Waals surface area contributed by atoms with Crippen molar-refractivity contribution in [2.24, 2.45) is 0 Å². The molecule has 0 bridgehead atoms. The Kier molecular flexibility index (Phi) is 2.21. The first kappa shape index (κ1) is 8.90. The van der Waals surface area contributed by atoms with Gasteiger partial charge in [0.1, 0.15) is 10.7 Å². The Balaban J connectivity index is 2.83. The smallest absolute Gasteiger partial charge is 0.259 e. The Morgan fingerprint density at radius 3 is 3.15 bits per heavy atom. The minimum Gasteiger partial charge on any atom is -0.310 e. The van der Waals surface area contributed by atoms with Crippen molar-refractivity contribution in [1.29, 1.82) is 0 Å². The highest BCUT2D eigenvalue weighted by Crippen LogP contribution is 2.25. The summed E-state index contributed by atoms with van der Waals surface area (Å²) in [7, 11) is 0. The number of hydrogen-bond acceptors (Lipinski definition) is 3. The largest absolute Gasteiger partial charge is 0.310 e. The van der Waals surface area contributed by atoms with Crippen LogP contribution in [0.25, 0.3) is 10.2 Å². The summed E-state index contributed by atoms with van der Waals surface area (Å²) in [6.07, 6.45) is 0.751. The van der Waals surface area contributed by atoms with Gasteiger partial charge in [-0.05, 0) is 22.0 Å². The van der Waals surface area contributed by atoms with Crippen molar-refractivity contribution in [2.45, 2.75) is 13.3 Å². The Hall–Kier alpha value is -0.680. The van der Waals surface area contributed by atoms with Crippen LogP contribution in [0.3, 0.4) is 0 Å². The molecule has 0 saturated heterocycles. The highest BCUT2D eigenvalue weighted by Gasteiger charge is 2.05. The van der Waals surface area contributed by atoms with Crippen molar-refractivity contribution in [2.75, 3.05) is 0 Å². The molecule has 0 atom stereocenters. The molecule has 0 amide bonds. The molecule has 0 unspecified atom stereocenters. The Bertz CT molecular complexity index is 502. The van der Waals surface area contributed by atoms with Crippen LogP contribution in [0.4, 0.5) is 0 Å². The minimum atomic E-state index is -0.0520.